The lowest BCUT2D eigenvalue weighted by Crippen LogP contribution is -2.37. The Morgan fingerprint density at radius 3 is 1.96 bits per heavy atom. The lowest BCUT2D eigenvalue weighted by molar-refractivity contribution is -0.870. The summed E-state index contributed by atoms with van der Waals surface area (Å²) in [6.07, 6.45) is 35.9. The molecule has 0 aromatic carbocycles. The Bertz CT molecular complexity index is 1110. The zero-order valence-corrected chi connectivity index (χ0v) is 34.7. The van der Waals surface area contributed by atoms with Crippen molar-refractivity contribution in [3.05, 3.63) is 60.8 Å². The highest BCUT2D eigenvalue weighted by Gasteiger charge is 2.27. The zero-order valence-electron chi connectivity index (χ0n) is 33.8. The van der Waals surface area contributed by atoms with Gasteiger partial charge in [-0.1, -0.05) is 120 Å². The third-order valence-corrected chi connectivity index (χ3v) is 9.11. The van der Waals surface area contributed by atoms with Gasteiger partial charge in [0.05, 0.1) is 33.9 Å². The second-order valence-corrected chi connectivity index (χ2v) is 16.0. The summed E-state index contributed by atoms with van der Waals surface area (Å²) in [6.45, 7) is 4.09. The molecule has 0 aromatic rings. The van der Waals surface area contributed by atoms with E-state index in [0.29, 0.717) is 30.3 Å². The Balaban J connectivity index is 4.62. The van der Waals surface area contributed by atoms with Gasteiger partial charge in [-0.3, -0.25) is 18.6 Å². The minimum atomic E-state index is -4.42. The van der Waals surface area contributed by atoms with Crippen molar-refractivity contribution in [1.29, 1.82) is 0 Å². The molecule has 0 heterocycles. The largest absolute Gasteiger partial charge is 0.472 e. The van der Waals surface area contributed by atoms with Crippen LogP contribution in [-0.2, 0) is 32.7 Å². The first-order valence-electron chi connectivity index (χ1n) is 20.1. The highest BCUT2D eigenvalue weighted by atomic mass is 31.2. The third kappa shape index (κ3) is 37.8. The molecule has 306 valence electrons. The fourth-order valence-corrected chi connectivity index (χ4v) is 5.60. The van der Waals surface area contributed by atoms with Crippen molar-refractivity contribution < 1.29 is 47.2 Å². The van der Waals surface area contributed by atoms with Gasteiger partial charge < -0.3 is 24.0 Å². The van der Waals surface area contributed by atoms with Crippen LogP contribution < -0.4 is 0 Å². The molecule has 11 heteroatoms. The fraction of sp³-hybridized carbons (Fsp3) is 0.714. The molecule has 0 radical (unpaired) electrons. The Labute approximate surface area is 322 Å². The summed E-state index contributed by atoms with van der Waals surface area (Å²) in [7, 11) is 1.36. The molecule has 2 N–H and O–H groups in total. The number of carbonyl (C=O) groups is 2. The minimum absolute atomic E-state index is 0.00209. The molecule has 0 aliphatic rings. The van der Waals surface area contributed by atoms with E-state index < -0.39 is 38.6 Å². The number of phosphoric acid groups is 1. The number of hydrogen-bond donors (Lipinski definition) is 2. The topological polar surface area (TPSA) is 129 Å². The van der Waals surface area contributed by atoms with Gasteiger partial charge in [-0.25, -0.2) is 4.57 Å². The van der Waals surface area contributed by atoms with Crippen molar-refractivity contribution in [2.75, 3.05) is 47.5 Å². The second kappa shape index (κ2) is 34.2. The number of ether oxygens (including phenoxy) is 2. The maximum atomic E-state index is 12.6. The van der Waals surface area contributed by atoms with Crippen LogP contribution in [0.1, 0.15) is 136 Å². The Hall–Kier alpha value is -2.33. The number of quaternary nitrogens is 1. The molecular formula is C42H75NO9P+. The highest BCUT2D eigenvalue weighted by molar-refractivity contribution is 7.47. The number of hydrogen-bond acceptors (Lipinski definition) is 8. The van der Waals surface area contributed by atoms with Crippen LogP contribution in [0.15, 0.2) is 60.8 Å². The molecule has 0 bridgehead atoms. The minimum Gasteiger partial charge on any atom is -0.462 e. The van der Waals surface area contributed by atoms with Crippen LogP contribution in [0.4, 0.5) is 0 Å². The summed E-state index contributed by atoms with van der Waals surface area (Å²) in [5.41, 5.74) is 0. The fourth-order valence-electron chi connectivity index (χ4n) is 4.86. The summed E-state index contributed by atoms with van der Waals surface area (Å²) in [5.74, 6) is -1.02. The molecule has 10 nitrogen and oxygen atoms in total. The normalized spacial score (nSPS) is 14.9. The van der Waals surface area contributed by atoms with Crippen LogP contribution in [0.5, 0.6) is 0 Å². The molecule has 3 atom stereocenters. The van der Waals surface area contributed by atoms with Gasteiger partial charge in [0.1, 0.15) is 19.8 Å². The first-order valence-corrected chi connectivity index (χ1v) is 21.6. The predicted octanol–water partition coefficient (Wildman–Crippen LogP) is 9.87. The van der Waals surface area contributed by atoms with Gasteiger partial charge in [0, 0.05) is 12.8 Å². The van der Waals surface area contributed by atoms with Crippen molar-refractivity contribution in [3.63, 3.8) is 0 Å². The van der Waals surface area contributed by atoms with E-state index in [1.807, 2.05) is 33.3 Å². The van der Waals surface area contributed by atoms with E-state index in [1.165, 1.54) is 32.1 Å². The molecule has 0 spiro atoms. The maximum Gasteiger partial charge on any atom is 0.472 e. The molecule has 1 unspecified atom stereocenters. The maximum absolute atomic E-state index is 12.6. The van der Waals surface area contributed by atoms with E-state index in [2.05, 4.69) is 50.3 Å². The second-order valence-electron chi connectivity index (χ2n) is 14.5. The molecule has 0 aliphatic heterocycles. The molecule has 0 aliphatic carbocycles. The smallest absolute Gasteiger partial charge is 0.462 e. The molecule has 0 amide bonds. The number of likely N-dealkylation sites (N-methyl/N-ethyl adjacent to an activating group) is 1. The molecule has 0 fully saturated rings. The highest BCUT2D eigenvalue weighted by Crippen LogP contribution is 2.43. The lowest BCUT2D eigenvalue weighted by Gasteiger charge is -2.24. The van der Waals surface area contributed by atoms with Gasteiger partial charge in [0.25, 0.3) is 0 Å². The number of rotatable bonds is 35. The van der Waals surface area contributed by atoms with E-state index in [0.717, 1.165) is 57.8 Å². The van der Waals surface area contributed by atoms with Crippen LogP contribution in [0.2, 0.25) is 0 Å². The molecule has 0 rings (SSSR count). The SMILES string of the molecule is CCCC/C=C\CCCCCCCC(=O)O[C@H](COC(=O)CCC[C@H](O)/C=C/C=C\C/C=C\C/C=C\CCCCC)COP(=O)(O)OCC[N+](C)(C)C. The molecule has 53 heavy (non-hydrogen) atoms. The van der Waals surface area contributed by atoms with E-state index in [1.54, 1.807) is 12.2 Å². The van der Waals surface area contributed by atoms with E-state index in [4.69, 9.17) is 18.5 Å². The Kier molecular flexibility index (Phi) is 32.7. The van der Waals surface area contributed by atoms with Gasteiger partial charge in [0.15, 0.2) is 6.10 Å². The van der Waals surface area contributed by atoms with E-state index in [-0.39, 0.29) is 26.1 Å². The van der Waals surface area contributed by atoms with Crippen LogP contribution in [0.3, 0.4) is 0 Å². The summed E-state index contributed by atoms with van der Waals surface area (Å²) in [4.78, 5) is 35.2. The number of nitrogens with zero attached hydrogens (tertiary/aromatic N) is 1. The van der Waals surface area contributed by atoms with Crippen molar-refractivity contribution >= 4 is 19.8 Å². The number of aliphatic hydroxyl groups is 1. The quantitative estimate of drug-likeness (QED) is 0.0162. The summed E-state index contributed by atoms with van der Waals surface area (Å²) < 4.78 is 34.0. The molecule has 0 saturated heterocycles. The summed E-state index contributed by atoms with van der Waals surface area (Å²) in [6, 6.07) is 0. The van der Waals surface area contributed by atoms with E-state index >= 15 is 0 Å². The van der Waals surface area contributed by atoms with Gasteiger partial charge in [0.2, 0.25) is 0 Å². The number of unbranched alkanes of at least 4 members (excludes halogenated alkanes) is 10. The monoisotopic (exact) mass is 769 g/mol. The van der Waals surface area contributed by atoms with Gasteiger partial charge in [-0.2, -0.15) is 0 Å². The summed E-state index contributed by atoms with van der Waals surface area (Å²) in [5, 5.41) is 10.3. The summed E-state index contributed by atoms with van der Waals surface area (Å²) >= 11 is 0. The van der Waals surface area contributed by atoms with Crippen molar-refractivity contribution in [2.24, 2.45) is 0 Å². The third-order valence-electron chi connectivity index (χ3n) is 8.12. The standard InChI is InChI=1S/C42H74NO9P/c1-6-8-10-12-14-16-18-19-21-22-24-26-28-31-39(44)32-30-34-41(45)49-37-40(38-51-53(47,48)50-36-35-43(3,4)5)52-42(46)33-29-27-25-23-20-17-15-13-11-9-7-2/h13-16,19,21,24,26,28,31,39-40,44H,6-12,17-18,20,22-23,25,27,29-30,32-38H2,1-5H3/p+1/b15-13-,16-14-,21-19-,26-24-,31-28+/t39-,40-/m1/s1. The molecule has 0 saturated carbocycles. The van der Waals surface area contributed by atoms with E-state index in [9.17, 15) is 24.2 Å². The first kappa shape index (κ1) is 50.7. The number of allylic oxidation sites excluding steroid dienone is 9. The van der Waals surface area contributed by atoms with Gasteiger partial charge in [-0.15, -0.1) is 0 Å². The van der Waals surface area contributed by atoms with Crippen molar-refractivity contribution in [3.8, 4) is 0 Å². The first-order chi connectivity index (χ1) is 25.4. The van der Waals surface area contributed by atoms with Crippen molar-refractivity contribution in [2.45, 2.75) is 148 Å². The van der Waals surface area contributed by atoms with Crippen LogP contribution >= 0.6 is 7.82 Å². The van der Waals surface area contributed by atoms with Gasteiger partial charge in [-0.05, 0) is 64.2 Å². The Morgan fingerprint density at radius 1 is 0.679 bits per heavy atom. The predicted molar refractivity (Wildman–Crippen MR) is 216 cm³/mol. The number of esters is 2. The van der Waals surface area contributed by atoms with Crippen LogP contribution in [0, 0.1) is 0 Å². The van der Waals surface area contributed by atoms with Crippen LogP contribution in [0.25, 0.3) is 0 Å². The Morgan fingerprint density at radius 2 is 1.26 bits per heavy atom. The van der Waals surface area contributed by atoms with Crippen LogP contribution in [-0.4, -0.2) is 86.1 Å². The number of phosphoric ester groups is 1. The van der Waals surface area contributed by atoms with Crippen molar-refractivity contribution in [1.82, 2.24) is 0 Å². The molecular weight excluding hydrogens is 693 g/mol. The average molecular weight is 769 g/mol. The molecule has 0 aromatic heterocycles. The number of aliphatic hydroxyl groups excluding tert-OH is 1. The lowest BCUT2D eigenvalue weighted by atomic mass is 10.1. The van der Waals surface area contributed by atoms with Gasteiger partial charge >= 0.3 is 19.8 Å². The number of carbonyl (C=O) groups excluding carboxylic acids is 2. The average Bonchev–Trinajstić information content (AvgIpc) is 3.09. The zero-order chi connectivity index (χ0) is 39.5.